The van der Waals surface area contributed by atoms with Crippen molar-refractivity contribution in [2.24, 2.45) is 0 Å². The maximum atomic E-state index is 14.9. The summed E-state index contributed by atoms with van der Waals surface area (Å²) in [6.45, 7) is 5.47. The highest BCUT2D eigenvalue weighted by Gasteiger charge is 2.32. The SMILES string of the molecule is CC(=O)CC[C@H]1CN(c2ccc(-c3ccc(-c4nc(C)c(C)o4)nc3)c(F)c2)C(=O)O1. The van der Waals surface area contributed by atoms with E-state index in [1.54, 1.807) is 30.5 Å². The van der Waals surface area contributed by atoms with Gasteiger partial charge in [-0.2, -0.15) is 0 Å². The van der Waals surface area contributed by atoms with Crippen LogP contribution >= 0.6 is 0 Å². The third-order valence-electron chi connectivity index (χ3n) is 5.28. The molecule has 0 N–H and O–H groups in total. The molecule has 1 aromatic carbocycles. The summed E-state index contributed by atoms with van der Waals surface area (Å²) < 4.78 is 25.7. The summed E-state index contributed by atoms with van der Waals surface area (Å²) in [5.74, 6) is 0.711. The number of aromatic nitrogens is 2. The van der Waals surface area contributed by atoms with Crippen LogP contribution in [0.25, 0.3) is 22.7 Å². The Morgan fingerprint density at radius 2 is 2.06 bits per heavy atom. The minimum Gasteiger partial charge on any atom is -0.444 e. The molecule has 1 saturated heterocycles. The van der Waals surface area contributed by atoms with Gasteiger partial charge in [0.05, 0.1) is 17.9 Å². The van der Waals surface area contributed by atoms with Gasteiger partial charge in [-0.3, -0.25) is 9.88 Å². The molecule has 1 aliphatic heterocycles. The van der Waals surface area contributed by atoms with Gasteiger partial charge in [-0.1, -0.05) is 6.07 Å². The van der Waals surface area contributed by atoms with Crippen molar-refractivity contribution in [3.8, 4) is 22.7 Å². The van der Waals surface area contributed by atoms with Crippen LogP contribution in [0.1, 0.15) is 31.2 Å². The molecule has 2 aromatic heterocycles. The Kier molecular flexibility index (Phi) is 5.54. The van der Waals surface area contributed by atoms with Crippen molar-refractivity contribution in [3.63, 3.8) is 0 Å². The molecule has 0 unspecified atom stereocenters. The molecule has 4 rings (SSSR count). The molecule has 160 valence electrons. The van der Waals surface area contributed by atoms with Gasteiger partial charge in [0.2, 0.25) is 5.89 Å². The second-order valence-electron chi connectivity index (χ2n) is 7.61. The summed E-state index contributed by atoms with van der Waals surface area (Å²) in [5.41, 5.74) is 2.73. The van der Waals surface area contributed by atoms with Crippen LogP contribution in [0.5, 0.6) is 0 Å². The molecule has 3 heterocycles. The van der Waals surface area contributed by atoms with Crippen molar-refractivity contribution in [3.05, 3.63) is 53.8 Å². The van der Waals surface area contributed by atoms with Crippen LogP contribution in [0.3, 0.4) is 0 Å². The zero-order chi connectivity index (χ0) is 22.1. The van der Waals surface area contributed by atoms with Gasteiger partial charge >= 0.3 is 6.09 Å². The minimum absolute atomic E-state index is 0.0395. The zero-order valence-electron chi connectivity index (χ0n) is 17.5. The highest BCUT2D eigenvalue weighted by Crippen LogP contribution is 2.30. The van der Waals surface area contributed by atoms with E-state index >= 15 is 0 Å². The van der Waals surface area contributed by atoms with Crippen molar-refractivity contribution < 1.29 is 23.1 Å². The van der Waals surface area contributed by atoms with E-state index in [2.05, 4.69) is 9.97 Å². The summed E-state index contributed by atoms with van der Waals surface area (Å²) in [6.07, 6.45) is 1.44. The summed E-state index contributed by atoms with van der Waals surface area (Å²) in [7, 11) is 0. The van der Waals surface area contributed by atoms with E-state index < -0.39 is 11.9 Å². The van der Waals surface area contributed by atoms with Gasteiger partial charge in [0, 0.05) is 23.7 Å². The van der Waals surface area contributed by atoms with Gasteiger partial charge in [0.1, 0.15) is 29.2 Å². The predicted octanol–water partition coefficient (Wildman–Crippen LogP) is 4.85. The standard InChI is InChI=1S/C23H22FN3O4/c1-13(28)4-7-18-12-27(23(29)31-18)17-6-8-19(20(24)10-17)16-5-9-21(25-11-16)22-26-14(2)15(3)30-22/h5-6,8-11,18H,4,7,12H2,1-3H3/t18-/m0/s1. The average Bonchev–Trinajstić information content (AvgIpc) is 3.28. The second kappa shape index (κ2) is 8.29. The Labute approximate surface area is 178 Å². The number of carbonyl (C=O) groups excluding carboxylic acids is 2. The van der Waals surface area contributed by atoms with Gasteiger partial charge in [-0.05, 0) is 51.5 Å². The van der Waals surface area contributed by atoms with E-state index in [9.17, 15) is 14.0 Å². The van der Waals surface area contributed by atoms with Crippen LogP contribution < -0.4 is 4.90 Å². The number of hydrogen-bond donors (Lipinski definition) is 0. The molecule has 0 radical (unpaired) electrons. The Balaban J connectivity index is 1.51. The first-order valence-corrected chi connectivity index (χ1v) is 10.00. The number of amides is 1. The lowest BCUT2D eigenvalue weighted by molar-refractivity contribution is -0.117. The Morgan fingerprint density at radius 3 is 2.68 bits per heavy atom. The van der Waals surface area contributed by atoms with E-state index in [1.807, 2.05) is 13.8 Å². The molecular weight excluding hydrogens is 401 g/mol. The maximum Gasteiger partial charge on any atom is 0.414 e. The van der Waals surface area contributed by atoms with E-state index in [0.29, 0.717) is 41.2 Å². The molecule has 3 aromatic rings. The van der Waals surface area contributed by atoms with Gasteiger partial charge in [-0.25, -0.2) is 14.2 Å². The molecule has 0 spiro atoms. The maximum absolute atomic E-state index is 14.9. The number of nitrogens with zero attached hydrogens (tertiary/aromatic N) is 3. The third-order valence-corrected chi connectivity index (χ3v) is 5.28. The number of pyridine rings is 1. The molecule has 1 aliphatic rings. The number of anilines is 1. The molecule has 8 heteroatoms. The van der Waals surface area contributed by atoms with Crippen LogP contribution in [0, 0.1) is 19.7 Å². The highest BCUT2D eigenvalue weighted by atomic mass is 19.1. The first-order chi connectivity index (χ1) is 14.8. The minimum atomic E-state index is -0.539. The van der Waals surface area contributed by atoms with Crippen LogP contribution in [-0.2, 0) is 9.53 Å². The molecule has 0 aliphatic carbocycles. The number of halogens is 1. The first-order valence-electron chi connectivity index (χ1n) is 10.00. The number of aryl methyl sites for hydroxylation is 2. The van der Waals surface area contributed by atoms with Gasteiger partial charge in [0.25, 0.3) is 0 Å². The lowest BCUT2D eigenvalue weighted by Crippen LogP contribution is -2.24. The summed E-state index contributed by atoms with van der Waals surface area (Å²) in [4.78, 5) is 33.4. The normalized spacial score (nSPS) is 15.9. The van der Waals surface area contributed by atoms with Gasteiger partial charge in [0.15, 0.2) is 0 Å². The summed E-state index contributed by atoms with van der Waals surface area (Å²) in [6, 6.07) is 8.05. The highest BCUT2D eigenvalue weighted by molar-refractivity contribution is 5.90. The average molecular weight is 423 g/mol. The smallest absolute Gasteiger partial charge is 0.414 e. The zero-order valence-corrected chi connectivity index (χ0v) is 17.5. The number of cyclic esters (lactones) is 1. The van der Waals surface area contributed by atoms with E-state index in [-0.39, 0.29) is 18.4 Å². The predicted molar refractivity (Wildman–Crippen MR) is 112 cm³/mol. The van der Waals surface area contributed by atoms with Crippen LogP contribution in [0.2, 0.25) is 0 Å². The Hall–Kier alpha value is -3.55. The molecular formula is C23H22FN3O4. The van der Waals surface area contributed by atoms with E-state index in [0.717, 1.165) is 11.5 Å². The van der Waals surface area contributed by atoms with Crippen LogP contribution in [0.4, 0.5) is 14.9 Å². The summed E-state index contributed by atoms with van der Waals surface area (Å²) >= 11 is 0. The molecule has 1 fully saturated rings. The van der Waals surface area contributed by atoms with Crippen molar-refractivity contribution in [2.45, 2.75) is 39.7 Å². The quantitative estimate of drug-likeness (QED) is 0.563. The van der Waals surface area contributed by atoms with Crippen LogP contribution in [-0.4, -0.2) is 34.5 Å². The fraction of sp³-hybridized carbons (Fsp3) is 0.304. The molecule has 1 atom stereocenters. The molecule has 31 heavy (non-hydrogen) atoms. The number of oxazole rings is 1. The lowest BCUT2D eigenvalue weighted by Gasteiger charge is -2.14. The Bertz CT molecular complexity index is 1120. The number of carbonyl (C=O) groups is 2. The van der Waals surface area contributed by atoms with Crippen molar-refractivity contribution >= 4 is 17.6 Å². The van der Waals surface area contributed by atoms with Crippen molar-refractivity contribution in [1.29, 1.82) is 0 Å². The first kappa shape index (κ1) is 20.7. The van der Waals surface area contributed by atoms with Gasteiger partial charge < -0.3 is 13.9 Å². The molecule has 1 amide bonds. The molecule has 7 nitrogen and oxygen atoms in total. The second-order valence-corrected chi connectivity index (χ2v) is 7.61. The van der Waals surface area contributed by atoms with Crippen LogP contribution in [0.15, 0.2) is 40.9 Å². The fourth-order valence-electron chi connectivity index (χ4n) is 3.41. The Morgan fingerprint density at radius 1 is 1.26 bits per heavy atom. The number of benzene rings is 1. The monoisotopic (exact) mass is 423 g/mol. The number of ketones is 1. The number of ether oxygens (including phenoxy) is 1. The molecule has 0 saturated carbocycles. The van der Waals surface area contributed by atoms with E-state index in [4.69, 9.17) is 9.15 Å². The number of rotatable bonds is 6. The van der Waals surface area contributed by atoms with E-state index in [1.165, 1.54) is 17.9 Å². The third kappa shape index (κ3) is 4.33. The van der Waals surface area contributed by atoms with Crippen molar-refractivity contribution in [2.75, 3.05) is 11.4 Å². The fourth-order valence-corrected chi connectivity index (χ4v) is 3.41. The largest absolute Gasteiger partial charge is 0.444 e. The topological polar surface area (TPSA) is 85.5 Å². The number of hydrogen-bond acceptors (Lipinski definition) is 6. The van der Waals surface area contributed by atoms with Gasteiger partial charge in [-0.15, -0.1) is 0 Å². The lowest BCUT2D eigenvalue weighted by atomic mass is 10.1. The summed E-state index contributed by atoms with van der Waals surface area (Å²) in [5, 5.41) is 0. The number of Topliss-reactive ketones (excluding diaryl/α,β-unsaturated/α-hetero) is 1. The molecule has 0 bridgehead atoms. The van der Waals surface area contributed by atoms with Crippen molar-refractivity contribution in [1.82, 2.24) is 9.97 Å².